The molecule has 3 amide bonds. The molecule has 0 atom stereocenters. The first-order chi connectivity index (χ1) is 15.5. The summed E-state index contributed by atoms with van der Waals surface area (Å²) < 4.78 is 12.1. The van der Waals surface area contributed by atoms with Crippen molar-refractivity contribution in [3.8, 4) is 11.5 Å². The Morgan fingerprint density at radius 3 is 2.44 bits per heavy atom. The van der Waals surface area contributed by atoms with Crippen LogP contribution < -0.4 is 19.7 Å². The van der Waals surface area contributed by atoms with E-state index in [2.05, 4.69) is 21.2 Å². The summed E-state index contributed by atoms with van der Waals surface area (Å²) in [6.07, 6.45) is 1.60. The molecular formula is C24H18BrClN2O4. The summed E-state index contributed by atoms with van der Waals surface area (Å²) in [5.74, 6) is 0.588. The quantitative estimate of drug-likeness (QED) is 0.335. The Morgan fingerprint density at radius 1 is 1.03 bits per heavy atom. The Hall–Kier alpha value is -3.29. The molecule has 162 valence electrons. The van der Waals surface area contributed by atoms with Gasteiger partial charge in [0.2, 0.25) is 0 Å². The summed E-state index contributed by atoms with van der Waals surface area (Å²) >= 11 is 9.44. The second-order valence-corrected chi connectivity index (χ2v) is 8.19. The molecule has 3 aromatic carbocycles. The zero-order valence-corrected chi connectivity index (χ0v) is 19.3. The summed E-state index contributed by atoms with van der Waals surface area (Å²) in [5.41, 5.74) is 2.27. The summed E-state index contributed by atoms with van der Waals surface area (Å²) in [5, 5.41) is 3.28. The van der Waals surface area contributed by atoms with Crippen molar-refractivity contribution in [1.82, 2.24) is 5.32 Å². The van der Waals surface area contributed by atoms with Crippen LogP contribution in [0.4, 0.5) is 10.5 Å². The Labute approximate surface area is 198 Å². The van der Waals surface area contributed by atoms with Crippen LogP contribution in [0.3, 0.4) is 0 Å². The van der Waals surface area contributed by atoms with Crippen molar-refractivity contribution in [2.24, 2.45) is 0 Å². The van der Waals surface area contributed by atoms with Gasteiger partial charge in [0.1, 0.15) is 12.3 Å². The number of nitrogens with one attached hydrogen (secondary N) is 1. The van der Waals surface area contributed by atoms with Crippen LogP contribution in [-0.2, 0) is 11.4 Å². The zero-order chi connectivity index (χ0) is 22.7. The maximum Gasteiger partial charge on any atom is 0.333 e. The van der Waals surface area contributed by atoms with Gasteiger partial charge in [-0.15, -0.1) is 0 Å². The lowest BCUT2D eigenvalue weighted by atomic mass is 10.1. The number of hydrogen-bond acceptors (Lipinski definition) is 4. The lowest BCUT2D eigenvalue weighted by Crippen LogP contribution is -2.30. The van der Waals surface area contributed by atoms with Gasteiger partial charge in [-0.3, -0.25) is 4.79 Å². The fourth-order valence-electron chi connectivity index (χ4n) is 3.18. The predicted octanol–water partition coefficient (Wildman–Crippen LogP) is 5.79. The van der Waals surface area contributed by atoms with Gasteiger partial charge < -0.3 is 14.8 Å². The van der Waals surface area contributed by atoms with Crippen LogP contribution in [0, 0.1) is 0 Å². The van der Waals surface area contributed by atoms with E-state index in [9.17, 15) is 9.59 Å². The number of ether oxygens (including phenoxy) is 2. The molecule has 6 nitrogen and oxygen atoms in total. The first kappa shape index (κ1) is 21.9. The van der Waals surface area contributed by atoms with Gasteiger partial charge in [-0.1, -0.05) is 57.9 Å². The number of halogens is 2. The largest absolute Gasteiger partial charge is 0.493 e. The molecule has 8 heteroatoms. The predicted molar refractivity (Wildman–Crippen MR) is 127 cm³/mol. The molecule has 0 saturated carbocycles. The SMILES string of the molecule is COc1cc(/C=C2/NC(=O)N(c3ccccc3)C2=O)c(Br)cc1OCc1ccc(Cl)cc1. The monoisotopic (exact) mass is 512 g/mol. The normalized spacial score (nSPS) is 14.6. The highest BCUT2D eigenvalue weighted by Gasteiger charge is 2.34. The number of carbonyl (C=O) groups excluding carboxylic acids is 2. The van der Waals surface area contributed by atoms with Crippen molar-refractivity contribution in [2.45, 2.75) is 6.61 Å². The number of amides is 3. The standard InChI is InChI=1S/C24H18BrClN2O4/c1-31-21-12-16(19(25)13-22(21)32-14-15-7-9-17(26)10-8-15)11-20-23(29)28(24(30)27-20)18-5-3-2-4-6-18/h2-13H,14H2,1H3,(H,27,30)/b20-11+. The smallest absolute Gasteiger partial charge is 0.333 e. The van der Waals surface area contributed by atoms with Crippen molar-refractivity contribution in [1.29, 1.82) is 0 Å². The molecule has 0 radical (unpaired) electrons. The minimum absolute atomic E-state index is 0.163. The van der Waals surface area contributed by atoms with E-state index < -0.39 is 11.9 Å². The number of nitrogens with zero attached hydrogens (tertiary/aromatic N) is 1. The maximum absolute atomic E-state index is 12.8. The van der Waals surface area contributed by atoms with Gasteiger partial charge in [0.05, 0.1) is 12.8 Å². The van der Waals surface area contributed by atoms with Crippen LogP contribution in [0.25, 0.3) is 6.08 Å². The molecule has 1 heterocycles. The third-order valence-electron chi connectivity index (χ3n) is 4.78. The van der Waals surface area contributed by atoms with Crippen molar-refractivity contribution in [2.75, 3.05) is 12.0 Å². The summed E-state index contributed by atoms with van der Waals surface area (Å²) in [6, 6.07) is 19.1. The Kier molecular flexibility index (Phi) is 6.48. The number of carbonyl (C=O) groups is 2. The molecule has 4 rings (SSSR count). The molecule has 1 N–H and O–H groups in total. The second kappa shape index (κ2) is 9.46. The molecule has 1 aliphatic rings. The van der Waals surface area contributed by atoms with Crippen LogP contribution in [0.5, 0.6) is 11.5 Å². The van der Waals surface area contributed by atoms with Gasteiger partial charge in [-0.05, 0) is 53.6 Å². The number of para-hydroxylation sites is 1. The van der Waals surface area contributed by atoms with Gasteiger partial charge in [0.25, 0.3) is 5.91 Å². The summed E-state index contributed by atoms with van der Waals surface area (Å²) in [4.78, 5) is 26.3. The molecule has 0 unspecified atom stereocenters. The second-order valence-electron chi connectivity index (χ2n) is 6.90. The average molecular weight is 514 g/mol. The third-order valence-corrected chi connectivity index (χ3v) is 5.72. The highest BCUT2D eigenvalue weighted by atomic mass is 79.9. The molecule has 0 spiro atoms. The Balaban J connectivity index is 1.57. The highest BCUT2D eigenvalue weighted by Crippen LogP contribution is 2.35. The first-order valence-electron chi connectivity index (χ1n) is 9.63. The van der Waals surface area contributed by atoms with E-state index >= 15 is 0 Å². The van der Waals surface area contributed by atoms with Crippen LogP contribution in [0.2, 0.25) is 5.02 Å². The number of anilines is 1. The molecule has 3 aromatic rings. The fraction of sp³-hybridized carbons (Fsp3) is 0.0833. The van der Waals surface area contributed by atoms with Crippen LogP contribution in [0.1, 0.15) is 11.1 Å². The summed E-state index contributed by atoms with van der Waals surface area (Å²) in [7, 11) is 1.54. The third kappa shape index (κ3) is 4.64. The van der Waals surface area contributed by atoms with E-state index in [4.69, 9.17) is 21.1 Å². The van der Waals surface area contributed by atoms with Gasteiger partial charge in [0.15, 0.2) is 11.5 Å². The van der Waals surface area contributed by atoms with E-state index in [1.165, 1.54) is 7.11 Å². The van der Waals surface area contributed by atoms with Crippen LogP contribution >= 0.6 is 27.5 Å². The van der Waals surface area contributed by atoms with Crippen molar-refractivity contribution >= 4 is 51.2 Å². The maximum atomic E-state index is 12.8. The molecule has 0 bridgehead atoms. The van der Waals surface area contributed by atoms with Crippen molar-refractivity contribution in [3.63, 3.8) is 0 Å². The van der Waals surface area contributed by atoms with Gasteiger partial charge in [-0.2, -0.15) is 0 Å². The lowest BCUT2D eigenvalue weighted by molar-refractivity contribution is -0.113. The van der Waals surface area contributed by atoms with E-state index in [-0.39, 0.29) is 5.70 Å². The number of rotatable bonds is 6. The van der Waals surface area contributed by atoms with Crippen molar-refractivity contribution in [3.05, 3.63) is 93.0 Å². The van der Waals surface area contributed by atoms with Gasteiger partial charge in [-0.25, -0.2) is 9.69 Å². The molecule has 32 heavy (non-hydrogen) atoms. The number of urea groups is 1. The molecular weight excluding hydrogens is 496 g/mol. The number of methoxy groups -OCH3 is 1. The molecule has 1 aliphatic heterocycles. The van der Waals surface area contributed by atoms with Crippen molar-refractivity contribution < 1.29 is 19.1 Å². The Bertz CT molecular complexity index is 1200. The number of imide groups is 1. The topological polar surface area (TPSA) is 67.9 Å². The molecule has 1 fully saturated rings. The first-order valence-corrected chi connectivity index (χ1v) is 10.8. The highest BCUT2D eigenvalue weighted by molar-refractivity contribution is 9.10. The number of benzene rings is 3. The summed E-state index contributed by atoms with van der Waals surface area (Å²) in [6.45, 7) is 0.334. The minimum atomic E-state index is -0.501. The van der Waals surface area contributed by atoms with Crippen LogP contribution in [0.15, 0.2) is 76.9 Å². The Morgan fingerprint density at radius 2 is 1.75 bits per heavy atom. The molecule has 0 aromatic heterocycles. The van der Waals surface area contributed by atoms with Gasteiger partial charge in [0, 0.05) is 9.50 Å². The number of hydrogen-bond donors (Lipinski definition) is 1. The average Bonchev–Trinajstić information content (AvgIpc) is 3.08. The van der Waals surface area contributed by atoms with E-state index in [1.807, 2.05) is 18.2 Å². The minimum Gasteiger partial charge on any atom is -0.493 e. The van der Waals surface area contributed by atoms with E-state index in [0.717, 1.165) is 10.5 Å². The lowest BCUT2D eigenvalue weighted by Gasteiger charge is -2.13. The van der Waals surface area contributed by atoms with Gasteiger partial charge >= 0.3 is 6.03 Å². The van der Waals surface area contributed by atoms with Crippen LogP contribution in [-0.4, -0.2) is 19.0 Å². The van der Waals surface area contributed by atoms with E-state index in [0.29, 0.717) is 38.9 Å². The molecule has 0 aliphatic carbocycles. The zero-order valence-electron chi connectivity index (χ0n) is 17.0. The van der Waals surface area contributed by atoms with E-state index in [1.54, 1.807) is 54.6 Å². The molecule has 1 saturated heterocycles. The fourth-order valence-corrected chi connectivity index (χ4v) is 3.74.